The molecule has 6 nitrogen and oxygen atoms in total. The van der Waals surface area contributed by atoms with E-state index in [1.165, 1.54) is 0 Å². The van der Waals surface area contributed by atoms with Crippen molar-refractivity contribution in [2.45, 2.75) is 38.3 Å². The van der Waals surface area contributed by atoms with Gasteiger partial charge in [-0.15, -0.1) is 0 Å². The fourth-order valence-corrected chi connectivity index (χ4v) is 3.51. The molecule has 1 aromatic carbocycles. The Morgan fingerprint density at radius 3 is 2.96 bits per heavy atom. The van der Waals surface area contributed by atoms with Crippen molar-refractivity contribution in [2.24, 2.45) is 5.92 Å². The minimum atomic E-state index is -0.342. The minimum absolute atomic E-state index is 0.152. The van der Waals surface area contributed by atoms with Gasteiger partial charge in [0.2, 0.25) is 5.89 Å². The van der Waals surface area contributed by atoms with Gasteiger partial charge in [0.1, 0.15) is 11.3 Å². The van der Waals surface area contributed by atoms with Crippen molar-refractivity contribution >= 4 is 11.0 Å². The molecule has 3 atom stereocenters. The average molecular weight is 327 g/mol. The van der Waals surface area contributed by atoms with E-state index in [0.29, 0.717) is 24.7 Å². The lowest BCUT2D eigenvalue weighted by molar-refractivity contribution is 0.130. The Hall–Kier alpha value is -2.18. The number of aliphatic hydroxyl groups is 1. The molecule has 0 radical (unpaired) electrons. The Kier molecular flexibility index (Phi) is 4.08. The van der Waals surface area contributed by atoms with Crippen LogP contribution in [0.4, 0.5) is 0 Å². The van der Waals surface area contributed by atoms with Gasteiger partial charge in [-0.2, -0.15) is 4.98 Å². The second-order valence-corrected chi connectivity index (χ2v) is 6.56. The smallest absolute Gasteiger partial charge is 0.229 e. The molecule has 2 N–H and O–H groups in total. The van der Waals surface area contributed by atoms with Crippen LogP contribution in [0.15, 0.2) is 39.3 Å². The van der Waals surface area contributed by atoms with Crippen LogP contribution in [0.3, 0.4) is 0 Å². The molecule has 1 aliphatic rings. The highest BCUT2D eigenvalue weighted by molar-refractivity contribution is 5.77. The topological polar surface area (TPSA) is 84.3 Å². The van der Waals surface area contributed by atoms with Gasteiger partial charge in [-0.3, -0.25) is 0 Å². The molecule has 0 bridgehead atoms. The Bertz CT molecular complexity index is 793. The molecule has 2 aromatic heterocycles. The number of benzene rings is 1. The van der Waals surface area contributed by atoms with E-state index in [1.807, 2.05) is 31.2 Å². The van der Waals surface area contributed by atoms with Gasteiger partial charge < -0.3 is 19.4 Å². The van der Waals surface area contributed by atoms with E-state index >= 15 is 0 Å². The summed E-state index contributed by atoms with van der Waals surface area (Å²) < 4.78 is 11.0. The molecule has 2 heterocycles. The Labute approximate surface area is 139 Å². The largest absolute Gasteiger partial charge is 0.460 e. The van der Waals surface area contributed by atoms with E-state index in [0.717, 1.165) is 29.7 Å². The number of hydrogen-bond acceptors (Lipinski definition) is 6. The third-order valence-corrected chi connectivity index (χ3v) is 4.73. The molecule has 1 saturated carbocycles. The normalized spacial score (nSPS) is 24.0. The highest BCUT2D eigenvalue weighted by Crippen LogP contribution is 2.37. The molecule has 0 aliphatic heterocycles. The van der Waals surface area contributed by atoms with Crippen molar-refractivity contribution in [3.05, 3.63) is 47.8 Å². The predicted octanol–water partition coefficient (Wildman–Crippen LogP) is 2.77. The number of furan rings is 1. The molecule has 0 unspecified atom stereocenters. The molecule has 6 heteroatoms. The molecule has 1 aliphatic carbocycles. The second kappa shape index (κ2) is 6.37. The van der Waals surface area contributed by atoms with E-state index < -0.39 is 0 Å². The maximum atomic E-state index is 10.3. The van der Waals surface area contributed by atoms with Crippen LogP contribution >= 0.6 is 0 Å². The van der Waals surface area contributed by atoms with Crippen molar-refractivity contribution in [3.63, 3.8) is 0 Å². The quantitative estimate of drug-likeness (QED) is 0.749. The van der Waals surface area contributed by atoms with E-state index in [9.17, 15) is 5.11 Å². The van der Waals surface area contributed by atoms with E-state index in [1.54, 1.807) is 0 Å². The first-order valence-corrected chi connectivity index (χ1v) is 8.35. The zero-order chi connectivity index (χ0) is 16.5. The van der Waals surface area contributed by atoms with Crippen LogP contribution in [-0.4, -0.2) is 27.9 Å². The highest BCUT2D eigenvalue weighted by atomic mass is 16.5. The number of nitrogens with zero attached hydrogens (tertiary/aromatic N) is 2. The van der Waals surface area contributed by atoms with E-state index in [4.69, 9.17) is 8.94 Å². The van der Waals surface area contributed by atoms with Crippen LogP contribution in [0.5, 0.6) is 0 Å². The van der Waals surface area contributed by atoms with Gasteiger partial charge >= 0.3 is 0 Å². The summed E-state index contributed by atoms with van der Waals surface area (Å²) in [6, 6.07) is 10.0. The van der Waals surface area contributed by atoms with Crippen molar-refractivity contribution in [1.29, 1.82) is 0 Å². The Balaban J connectivity index is 1.32. The lowest BCUT2D eigenvalue weighted by atomic mass is 10.0. The molecule has 0 saturated heterocycles. The second-order valence-electron chi connectivity index (χ2n) is 6.56. The number of rotatable bonds is 5. The maximum Gasteiger partial charge on any atom is 0.229 e. The molecule has 1 fully saturated rings. The first-order valence-electron chi connectivity index (χ1n) is 8.35. The summed E-state index contributed by atoms with van der Waals surface area (Å²) >= 11 is 0. The standard InChI is InChI=1S/C18H21N3O3/c1-11-20-18(24-21-11)13-6-14(16(22)8-13)9-19-10-15-7-12-4-2-3-5-17(12)23-15/h2-5,7,13-14,16,19,22H,6,8-10H2,1H3/t13-,14+,16+/m0/s1. The number of aliphatic hydroxyl groups excluding tert-OH is 1. The number of aromatic nitrogens is 2. The molecular formula is C18H21N3O3. The Morgan fingerprint density at radius 2 is 2.17 bits per heavy atom. The van der Waals surface area contributed by atoms with Crippen LogP contribution in [0.2, 0.25) is 0 Å². The van der Waals surface area contributed by atoms with Gasteiger partial charge in [-0.25, -0.2) is 0 Å². The van der Waals surface area contributed by atoms with Crippen molar-refractivity contribution < 1.29 is 14.0 Å². The molecule has 24 heavy (non-hydrogen) atoms. The average Bonchev–Trinajstić information content (AvgIpc) is 3.26. The zero-order valence-electron chi connectivity index (χ0n) is 13.6. The van der Waals surface area contributed by atoms with Gasteiger partial charge in [0, 0.05) is 17.8 Å². The summed E-state index contributed by atoms with van der Waals surface area (Å²) in [6.45, 7) is 3.20. The predicted molar refractivity (Wildman–Crippen MR) is 88.4 cm³/mol. The molecular weight excluding hydrogens is 306 g/mol. The number of nitrogens with one attached hydrogen (secondary N) is 1. The highest BCUT2D eigenvalue weighted by Gasteiger charge is 2.36. The van der Waals surface area contributed by atoms with Crippen molar-refractivity contribution in [2.75, 3.05) is 6.54 Å². The first-order chi connectivity index (χ1) is 11.7. The summed E-state index contributed by atoms with van der Waals surface area (Å²) in [6.07, 6.45) is 1.19. The lowest BCUT2D eigenvalue weighted by Crippen LogP contribution is -2.27. The maximum absolute atomic E-state index is 10.3. The molecule has 4 rings (SSSR count). The monoisotopic (exact) mass is 327 g/mol. The molecule has 126 valence electrons. The van der Waals surface area contributed by atoms with Crippen LogP contribution < -0.4 is 5.32 Å². The fourth-order valence-electron chi connectivity index (χ4n) is 3.51. The van der Waals surface area contributed by atoms with E-state index in [2.05, 4.69) is 21.5 Å². The van der Waals surface area contributed by atoms with Crippen molar-refractivity contribution in [3.8, 4) is 0 Å². The molecule has 0 amide bonds. The Morgan fingerprint density at radius 1 is 1.29 bits per heavy atom. The molecule has 0 spiro atoms. The SMILES string of the molecule is Cc1noc([C@H]2C[C@H](CNCc3cc4ccccc4o3)[C@H](O)C2)n1. The third-order valence-electron chi connectivity index (χ3n) is 4.73. The van der Waals surface area contributed by atoms with Gasteiger partial charge in [0.25, 0.3) is 0 Å². The van der Waals surface area contributed by atoms with Crippen LogP contribution in [0.25, 0.3) is 11.0 Å². The summed E-state index contributed by atoms with van der Waals surface area (Å²) in [5.74, 6) is 2.54. The zero-order valence-corrected chi connectivity index (χ0v) is 13.6. The fraction of sp³-hybridized carbons (Fsp3) is 0.444. The summed E-state index contributed by atoms with van der Waals surface area (Å²) in [5, 5.41) is 18.6. The van der Waals surface area contributed by atoms with Gasteiger partial charge in [0.15, 0.2) is 5.82 Å². The van der Waals surface area contributed by atoms with Crippen LogP contribution in [0, 0.1) is 12.8 Å². The summed E-state index contributed by atoms with van der Waals surface area (Å²) in [7, 11) is 0. The van der Waals surface area contributed by atoms with Gasteiger partial charge in [0.05, 0.1) is 12.6 Å². The van der Waals surface area contributed by atoms with Crippen LogP contribution in [0.1, 0.15) is 36.2 Å². The lowest BCUT2D eigenvalue weighted by Gasteiger charge is -2.14. The number of para-hydroxylation sites is 1. The summed E-state index contributed by atoms with van der Waals surface area (Å²) in [5.41, 5.74) is 0.905. The number of hydrogen-bond donors (Lipinski definition) is 2. The minimum Gasteiger partial charge on any atom is -0.460 e. The number of fused-ring (bicyclic) bond motifs is 1. The molecule has 3 aromatic rings. The number of aryl methyl sites for hydroxylation is 1. The van der Waals surface area contributed by atoms with Crippen molar-refractivity contribution in [1.82, 2.24) is 15.5 Å². The summed E-state index contributed by atoms with van der Waals surface area (Å²) in [4.78, 5) is 4.29. The first kappa shape index (κ1) is 15.4. The van der Waals surface area contributed by atoms with Gasteiger partial charge in [-0.05, 0) is 37.8 Å². The van der Waals surface area contributed by atoms with Crippen LogP contribution in [-0.2, 0) is 6.54 Å². The third kappa shape index (κ3) is 3.07. The van der Waals surface area contributed by atoms with Gasteiger partial charge in [-0.1, -0.05) is 23.4 Å². The van der Waals surface area contributed by atoms with E-state index in [-0.39, 0.29) is 17.9 Å².